The monoisotopic (exact) mass is 266 g/mol. The van der Waals surface area contributed by atoms with E-state index in [2.05, 4.69) is 10.2 Å². The highest BCUT2D eigenvalue weighted by Crippen LogP contribution is 2.22. The van der Waals surface area contributed by atoms with Crippen molar-refractivity contribution in [1.82, 2.24) is 10.2 Å². The van der Waals surface area contributed by atoms with E-state index in [1.807, 2.05) is 0 Å². The van der Waals surface area contributed by atoms with Crippen LogP contribution in [0.25, 0.3) is 11.3 Å². The Balaban J connectivity index is 2.20. The van der Waals surface area contributed by atoms with E-state index >= 15 is 0 Å². The van der Waals surface area contributed by atoms with Gasteiger partial charge in [0, 0.05) is 12.0 Å². The van der Waals surface area contributed by atoms with Crippen molar-refractivity contribution in [3.05, 3.63) is 41.6 Å². The van der Waals surface area contributed by atoms with E-state index in [4.69, 9.17) is 5.11 Å². The van der Waals surface area contributed by atoms with Gasteiger partial charge in [-0.25, -0.2) is 13.6 Å². The first-order valence-corrected chi connectivity index (χ1v) is 5.61. The molecule has 0 saturated carbocycles. The molecule has 2 N–H and O–H groups in total. The van der Waals surface area contributed by atoms with Gasteiger partial charge in [0.25, 0.3) is 0 Å². The lowest BCUT2D eigenvalue weighted by molar-refractivity contribution is 0.0226. The summed E-state index contributed by atoms with van der Waals surface area (Å²) in [6, 6.07) is 7.85. The second-order valence-electron chi connectivity index (χ2n) is 4.42. The molecule has 6 heteroatoms. The number of hydrogen-bond donors (Lipinski definition) is 2. The van der Waals surface area contributed by atoms with Crippen LogP contribution >= 0.6 is 0 Å². The zero-order chi connectivity index (χ0) is 14.0. The number of nitrogens with one attached hydrogen (secondary N) is 1. The Kier molecular flexibility index (Phi) is 3.33. The van der Waals surface area contributed by atoms with Gasteiger partial charge in [-0.05, 0) is 18.6 Å². The molecule has 2 aromatic rings. The average molecular weight is 266 g/mol. The standard InChI is InChI=1S/C13H12F2N2O2/c1-13(14,15)7-8-2-4-9(5-3-8)10-6-11(12(18)19)17-16-10/h2-6H,7H2,1H3,(H,16,17)(H,18,19). The predicted octanol–water partition coefficient (Wildman–Crippen LogP) is 2.97. The van der Waals surface area contributed by atoms with Gasteiger partial charge >= 0.3 is 5.97 Å². The van der Waals surface area contributed by atoms with Crippen LogP contribution in [0.2, 0.25) is 0 Å². The number of carboxylic acid groups (broad SMARTS) is 1. The Labute approximate surface area is 108 Å². The Morgan fingerprint density at radius 2 is 2.00 bits per heavy atom. The van der Waals surface area contributed by atoms with E-state index < -0.39 is 11.9 Å². The number of H-pyrrole nitrogens is 1. The number of nitrogens with zero attached hydrogens (tertiary/aromatic N) is 1. The van der Waals surface area contributed by atoms with Gasteiger partial charge in [0.15, 0.2) is 0 Å². The number of halogens is 2. The molecule has 0 amide bonds. The van der Waals surface area contributed by atoms with Crippen LogP contribution < -0.4 is 0 Å². The van der Waals surface area contributed by atoms with E-state index in [0.717, 1.165) is 6.92 Å². The number of aromatic amines is 1. The molecule has 0 aliphatic heterocycles. The first-order valence-electron chi connectivity index (χ1n) is 5.61. The van der Waals surface area contributed by atoms with Crippen molar-refractivity contribution in [3.63, 3.8) is 0 Å². The summed E-state index contributed by atoms with van der Waals surface area (Å²) in [5.74, 6) is -3.84. The molecule has 0 saturated heterocycles. The second-order valence-corrected chi connectivity index (χ2v) is 4.42. The molecule has 4 nitrogen and oxygen atoms in total. The molecule has 1 heterocycles. The fourth-order valence-corrected chi connectivity index (χ4v) is 1.73. The Bertz CT molecular complexity index is 585. The molecule has 1 aromatic heterocycles. The highest BCUT2D eigenvalue weighted by atomic mass is 19.3. The second kappa shape index (κ2) is 4.79. The molecule has 0 fully saturated rings. The van der Waals surface area contributed by atoms with Crippen LogP contribution in [0.3, 0.4) is 0 Å². The SMILES string of the molecule is CC(F)(F)Cc1ccc(-c2cc(C(=O)O)[nH]n2)cc1. The highest BCUT2D eigenvalue weighted by molar-refractivity contribution is 5.86. The topological polar surface area (TPSA) is 66.0 Å². The van der Waals surface area contributed by atoms with Crippen molar-refractivity contribution in [2.75, 3.05) is 0 Å². The maximum absolute atomic E-state index is 12.8. The lowest BCUT2D eigenvalue weighted by Crippen LogP contribution is -2.13. The van der Waals surface area contributed by atoms with Crippen molar-refractivity contribution in [2.24, 2.45) is 0 Å². The Morgan fingerprint density at radius 3 is 2.47 bits per heavy atom. The fraction of sp³-hybridized carbons (Fsp3) is 0.231. The zero-order valence-corrected chi connectivity index (χ0v) is 10.2. The minimum absolute atomic E-state index is 0.0147. The van der Waals surface area contributed by atoms with Crippen molar-refractivity contribution in [2.45, 2.75) is 19.3 Å². The molecule has 2 rings (SSSR count). The predicted molar refractivity (Wildman–Crippen MR) is 65.3 cm³/mol. The minimum atomic E-state index is -2.75. The number of hydrogen-bond acceptors (Lipinski definition) is 2. The van der Waals surface area contributed by atoms with Gasteiger partial charge < -0.3 is 5.11 Å². The summed E-state index contributed by atoms with van der Waals surface area (Å²) in [7, 11) is 0. The number of carbonyl (C=O) groups is 1. The van der Waals surface area contributed by atoms with Crippen molar-refractivity contribution < 1.29 is 18.7 Å². The van der Waals surface area contributed by atoms with E-state index in [1.165, 1.54) is 6.07 Å². The van der Waals surface area contributed by atoms with Gasteiger partial charge in [0.05, 0.1) is 5.69 Å². The smallest absolute Gasteiger partial charge is 0.353 e. The van der Waals surface area contributed by atoms with Gasteiger partial charge in [-0.2, -0.15) is 5.10 Å². The third-order valence-corrected chi connectivity index (χ3v) is 2.57. The van der Waals surface area contributed by atoms with Gasteiger partial charge in [-0.3, -0.25) is 5.10 Å². The molecule has 0 radical (unpaired) electrons. The van der Waals surface area contributed by atoms with Crippen LogP contribution in [0.15, 0.2) is 30.3 Å². The van der Waals surface area contributed by atoms with Crippen LogP contribution in [0.5, 0.6) is 0 Å². The first kappa shape index (κ1) is 13.2. The van der Waals surface area contributed by atoms with E-state index in [0.29, 0.717) is 16.8 Å². The van der Waals surface area contributed by atoms with Crippen molar-refractivity contribution >= 4 is 5.97 Å². The molecule has 0 atom stereocenters. The van der Waals surface area contributed by atoms with Crippen LogP contribution in [0.4, 0.5) is 8.78 Å². The highest BCUT2D eigenvalue weighted by Gasteiger charge is 2.21. The molecule has 0 unspecified atom stereocenters. The lowest BCUT2D eigenvalue weighted by atomic mass is 10.0. The minimum Gasteiger partial charge on any atom is -0.477 e. The third kappa shape index (κ3) is 3.37. The molecular formula is C13H12F2N2O2. The zero-order valence-electron chi connectivity index (χ0n) is 10.2. The summed E-state index contributed by atoms with van der Waals surface area (Å²) in [6.45, 7) is 0.869. The molecule has 0 aliphatic rings. The molecule has 19 heavy (non-hydrogen) atoms. The fourth-order valence-electron chi connectivity index (χ4n) is 1.73. The molecule has 1 aromatic carbocycles. The van der Waals surface area contributed by atoms with Gasteiger partial charge in [-0.1, -0.05) is 24.3 Å². The lowest BCUT2D eigenvalue weighted by Gasteiger charge is -2.09. The number of benzene rings is 1. The normalized spacial score (nSPS) is 11.5. The summed E-state index contributed by atoms with van der Waals surface area (Å²) >= 11 is 0. The maximum Gasteiger partial charge on any atom is 0.353 e. The molecular weight excluding hydrogens is 254 g/mol. The summed E-state index contributed by atoms with van der Waals surface area (Å²) in [4.78, 5) is 10.7. The molecule has 0 aliphatic carbocycles. The van der Waals surface area contributed by atoms with Crippen LogP contribution in [0.1, 0.15) is 23.0 Å². The van der Waals surface area contributed by atoms with Crippen molar-refractivity contribution in [1.29, 1.82) is 0 Å². The van der Waals surface area contributed by atoms with Crippen LogP contribution in [-0.4, -0.2) is 27.2 Å². The largest absolute Gasteiger partial charge is 0.477 e. The van der Waals surface area contributed by atoms with E-state index in [-0.39, 0.29) is 12.1 Å². The Hall–Kier alpha value is -2.24. The average Bonchev–Trinajstić information content (AvgIpc) is 2.77. The van der Waals surface area contributed by atoms with E-state index in [1.54, 1.807) is 24.3 Å². The maximum atomic E-state index is 12.8. The molecule has 0 spiro atoms. The number of carboxylic acids is 1. The van der Waals surface area contributed by atoms with E-state index in [9.17, 15) is 13.6 Å². The van der Waals surface area contributed by atoms with Crippen molar-refractivity contribution in [3.8, 4) is 11.3 Å². The first-order chi connectivity index (χ1) is 8.85. The van der Waals surface area contributed by atoms with Gasteiger partial charge in [0.2, 0.25) is 5.92 Å². The summed E-state index contributed by atoms with van der Waals surface area (Å²) < 4.78 is 25.7. The quantitative estimate of drug-likeness (QED) is 0.894. The summed E-state index contributed by atoms with van der Waals surface area (Å²) in [5, 5.41) is 15.0. The Morgan fingerprint density at radius 1 is 1.37 bits per heavy atom. The molecule has 100 valence electrons. The van der Waals surface area contributed by atoms with Gasteiger partial charge in [-0.15, -0.1) is 0 Å². The van der Waals surface area contributed by atoms with Crippen LogP contribution in [0, 0.1) is 0 Å². The number of rotatable bonds is 4. The molecule has 0 bridgehead atoms. The summed E-state index contributed by atoms with van der Waals surface area (Å²) in [5.41, 5.74) is 1.64. The number of aromatic carboxylic acids is 1. The summed E-state index contributed by atoms with van der Waals surface area (Å²) in [6.07, 6.45) is -0.325. The number of alkyl halides is 2. The number of aromatic nitrogens is 2. The van der Waals surface area contributed by atoms with Gasteiger partial charge in [0.1, 0.15) is 5.69 Å². The van der Waals surface area contributed by atoms with Crippen LogP contribution in [-0.2, 0) is 6.42 Å². The third-order valence-electron chi connectivity index (χ3n) is 2.57.